The Labute approximate surface area is 108 Å². The molecule has 0 aliphatic heterocycles. The molecule has 0 atom stereocenters. The molecule has 0 amide bonds. The predicted molar refractivity (Wildman–Crippen MR) is 73.0 cm³/mol. The van der Waals surface area contributed by atoms with Crippen LogP contribution in [0.25, 0.3) is 0 Å². The van der Waals surface area contributed by atoms with Crippen molar-refractivity contribution in [3.8, 4) is 5.75 Å². The van der Waals surface area contributed by atoms with Gasteiger partial charge in [-0.3, -0.25) is 0 Å². The number of methoxy groups -OCH3 is 1. The molecule has 0 fully saturated rings. The molecule has 3 heteroatoms. The molecule has 18 heavy (non-hydrogen) atoms. The van der Waals surface area contributed by atoms with E-state index < -0.39 is 0 Å². The normalized spacial score (nSPS) is 11.6. The van der Waals surface area contributed by atoms with Gasteiger partial charge in [0.05, 0.1) is 13.4 Å². The minimum atomic E-state index is 0.0797. The zero-order valence-corrected chi connectivity index (χ0v) is 11.5. The van der Waals surface area contributed by atoms with Crippen LogP contribution in [0.2, 0.25) is 0 Å². The number of benzene rings is 1. The van der Waals surface area contributed by atoms with Gasteiger partial charge in [-0.2, -0.15) is 0 Å². The molecule has 1 aromatic heterocycles. The van der Waals surface area contributed by atoms with E-state index in [0.29, 0.717) is 0 Å². The number of hydrogen-bond donors (Lipinski definition) is 0. The fourth-order valence-electron chi connectivity index (χ4n) is 2.03. The smallest absolute Gasteiger partial charge is 0.122 e. The van der Waals surface area contributed by atoms with Crippen molar-refractivity contribution >= 4 is 0 Å². The molecule has 0 unspecified atom stereocenters. The standard InChI is InChI=1S/C15H20N2O/c1-15(2,3)13-9-12(5-6-14(13)18-4)10-17-8-7-16-11-17/h5-9,11H,10H2,1-4H3. The SMILES string of the molecule is COc1ccc(Cn2ccnc2)cc1C(C)(C)C. The van der Waals surface area contributed by atoms with Gasteiger partial charge in [0.1, 0.15) is 5.75 Å². The van der Waals surface area contributed by atoms with E-state index in [1.165, 1.54) is 11.1 Å². The van der Waals surface area contributed by atoms with E-state index in [1.54, 1.807) is 13.3 Å². The molecule has 0 aliphatic carbocycles. The van der Waals surface area contributed by atoms with E-state index >= 15 is 0 Å². The first-order valence-electron chi connectivity index (χ1n) is 6.14. The van der Waals surface area contributed by atoms with Gasteiger partial charge >= 0.3 is 0 Å². The van der Waals surface area contributed by atoms with E-state index in [9.17, 15) is 0 Å². The molecule has 1 aromatic carbocycles. The summed E-state index contributed by atoms with van der Waals surface area (Å²) in [7, 11) is 1.72. The van der Waals surface area contributed by atoms with Crippen LogP contribution in [0.4, 0.5) is 0 Å². The topological polar surface area (TPSA) is 27.1 Å². The lowest BCUT2D eigenvalue weighted by Crippen LogP contribution is -2.13. The molecular weight excluding hydrogens is 224 g/mol. The second kappa shape index (κ2) is 4.84. The van der Waals surface area contributed by atoms with Crippen LogP contribution in [0, 0.1) is 0 Å². The number of aromatic nitrogens is 2. The van der Waals surface area contributed by atoms with Crippen molar-refractivity contribution in [2.75, 3.05) is 7.11 Å². The summed E-state index contributed by atoms with van der Waals surface area (Å²) in [6.45, 7) is 7.44. The van der Waals surface area contributed by atoms with Crippen LogP contribution in [0.5, 0.6) is 5.75 Å². The van der Waals surface area contributed by atoms with Gasteiger partial charge in [-0.15, -0.1) is 0 Å². The Hall–Kier alpha value is -1.77. The van der Waals surface area contributed by atoms with E-state index in [1.807, 2.05) is 18.6 Å². The summed E-state index contributed by atoms with van der Waals surface area (Å²) in [5, 5.41) is 0. The minimum Gasteiger partial charge on any atom is -0.496 e. The van der Waals surface area contributed by atoms with Gasteiger partial charge in [0.15, 0.2) is 0 Å². The quantitative estimate of drug-likeness (QED) is 0.828. The van der Waals surface area contributed by atoms with Crippen molar-refractivity contribution in [3.05, 3.63) is 48.0 Å². The van der Waals surface area contributed by atoms with Crippen LogP contribution in [0.3, 0.4) is 0 Å². The Morgan fingerprint density at radius 3 is 2.61 bits per heavy atom. The van der Waals surface area contributed by atoms with Gasteiger partial charge in [-0.25, -0.2) is 4.98 Å². The molecule has 2 aromatic rings. The average Bonchev–Trinajstić information content (AvgIpc) is 2.80. The molecule has 0 N–H and O–H groups in total. The Morgan fingerprint density at radius 2 is 2.06 bits per heavy atom. The molecule has 3 nitrogen and oxygen atoms in total. The van der Waals surface area contributed by atoms with Crippen LogP contribution in [-0.4, -0.2) is 16.7 Å². The zero-order chi connectivity index (χ0) is 13.2. The average molecular weight is 244 g/mol. The highest BCUT2D eigenvalue weighted by Crippen LogP contribution is 2.32. The fourth-order valence-corrected chi connectivity index (χ4v) is 2.03. The highest BCUT2D eigenvalue weighted by molar-refractivity contribution is 5.41. The maximum atomic E-state index is 5.44. The lowest BCUT2D eigenvalue weighted by Gasteiger charge is -2.23. The Balaban J connectivity index is 2.34. The Kier molecular flexibility index (Phi) is 3.41. The molecule has 0 radical (unpaired) electrons. The summed E-state index contributed by atoms with van der Waals surface area (Å²) in [4.78, 5) is 4.06. The molecular formula is C15H20N2O. The van der Waals surface area contributed by atoms with Gasteiger partial charge in [0.25, 0.3) is 0 Å². The lowest BCUT2D eigenvalue weighted by molar-refractivity contribution is 0.397. The van der Waals surface area contributed by atoms with E-state index in [4.69, 9.17) is 4.74 Å². The Morgan fingerprint density at radius 1 is 1.28 bits per heavy atom. The van der Waals surface area contributed by atoms with Crippen molar-refractivity contribution in [1.82, 2.24) is 9.55 Å². The first-order valence-corrected chi connectivity index (χ1v) is 6.14. The lowest BCUT2D eigenvalue weighted by atomic mass is 9.85. The van der Waals surface area contributed by atoms with Crippen molar-refractivity contribution < 1.29 is 4.74 Å². The molecule has 0 saturated carbocycles. The van der Waals surface area contributed by atoms with Gasteiger partial charge in [-0.05, 0) is 28.7 Å². The van der Waals surface area contributed by atoms with Gasteiger partial charge < -0.3 is 9.30 Å². The summed E-state index contributed by atoms with van der Waals surface area (Å²) in [6, 6.07) is 6.37. The number of ether oxygens (including phenoxy) is 1. The second-order valence-corrected chi connectivity index (χ2v) is 5.52. The van der Waals surface area contributed by atoms with E-state index in [-0.39, 0.29) is 5.41 Å². The third-order valence-corrected chi connectivity index (χ3v) is 3.00. The highest BCUT2D eigenvalue weighted by Gasteiger charge is 2.19. The van der Waals surface area contributed by atoms with Crippen LogP contribution in [0.15, 0.2) is 36.9 Å². The summed E-state index contributed by atoms with van der Waals surface area (Å²) in [6.07, 6.45) is 5.61. The molecule has 1 heterocycles. The minimum absolute atomic E-state index is 0.0797. The number of rotatable bonds is 3. The molecule has 0 spiro atoms. The molecule has 0 aliphatic rings. The maximum absolute atomic E-state index is 5.44. The largest absolute Gasteiger partial charge is 0.496 e. The Bertz CT molecular complexity index is 510. The zero-order valence-electron chi connectivity index (χ0n) is 11.5. The van der Waals surface area contributed by atoms with E-state index in [2.05, 4.69) is 42.5 Å². The number of imidazole rings is 1. The maximum Gasteiger partial charge on any atom is 0.122 e. The van der Waals surface area contributed by atoms with Gasteiger partial charge in [0.2, 0.25) is 0 Å². The summed E-state index contributed by atoms with van der Waals surface area (Å²) in [5.41, 5.74) is 2.58. The molecule has 96 valence electrons. The summed E-state index contributed by atoms with van der Waals surface area (Å²) >= 11 is 0. The van der Waals surface area contributed by atoms with Crippen LogP contribution >= 0.6 is 0 Å². The second-order valence-electron chi connectivity index (χ2n) is 5.52. The third kappa shape index (κ3) is 2.73. The van der Waals surface area contributed by atoms with E-state index in [0.717, 1.165) is 12.3 Å². The van der Waals surface area contributed by atoms with Crippen molar-refractivity contribution in [2.45, 2.75) is 32.7 Å². The van der Waals surface area contributed by atoms with Crippen LogP contribution in [0.1, 0.15) is 31.9 Å². The highest BCUT2D eigenvalue weighted by atomic mass is 16.5. The van der Waals surface area contributed by atoms with Crippen molar-refractivity contribution in [3.63, 3.8) is 0 Å². The van der Waals surface area contributed by atoms with Crippen LogP contribution < -0.4 is 4.74 Å². The fraction of sp³-hybridized carbons (Fsp3) is 0.400. The monoisotopic (exact) mass is 244 g/mol. The number of nitrogens with zero attached hydrogens (tertiary/aromatic N) is 2. The van der Waals surface area contributed by atoms with Crippen LogP contribution in [-0.2, 0) is 12.0 Å². The van der Waals surface area contributed by atoms with Crippen molar-refractivity contribution in [1.29, 1.82) is 0 Å². The van der Waals surface area contributed by atoms with Crippen molar-refractivity contribution in [2.24, 2.45) is 0 Å². The van der Waals surface area contributed by atoms with Gasteiger partial charge in [-0.1, -0.05) is 26.8 Å². The first-order chi connectivity index (χ1) is 8.50. The first kappa shape index (κ1) is 12.7. The molecule has 0 bridgehead atoms. The summed E-state index contributed by atoms with van der Waals surface area (Å²) < 4.78 is 7.51. The predicted octanol–water partition coefficient (Wildman–Crippen LogP) is 3.24. The third-order valence-electron chi connectivity index (χ3n) is 3.00. The summed E-state index contributed by atoms with van der Waals surface area (Å²) in [5.74, 6) is 0.955. The molecule has 0 saturated heterocycles. The van der Waals surface area contributed by atoms with Gasteiger partial charge in [0, 0.05) is 18.9 Å². The molecule has 2 rings (SSSR count). The number of hydrogen-bond acceptors (Lipinski definition) is 2.